The average molecular weight is 869 g/mol. The predicted molar refractivity (Wildman–Crippen MR) is 252 cm³/mol. The largest absolute Gasteiger partial charge is 0.472 e. The molecule has 352 valence electrons. The van der Waals surface area contributed by atoms with E-state index in [2.05, 4.69) is 50.3 Å². The van der Waals surface area contributed by atoms with E-state index in [0.717, 1.165) is 70.6 Å². The van der Waals surface area contributed by atoms with E-state index in [1.54, 1.807) is 0 Å². The van der Waals surface area contributed by atoms with Crippen LogP contribution >= 0.6 is 7.82 Å². The number of hydrogen-bond donors (Lipinski definition) is 1. The van der Waals surface area contributed by atoms with E-state index in [9.17, 15) is 19.0 Å². The Kier molecular flexibility index (Phi) is 41.3. The van der Waals surface area contributed by atoms with Crippen molar-refractivity contribution in [3.63, 3.8) is 0 Å². The second-order valence-corrected chi connectivity index (χ2v) is 19.3. The third kappa shape index (κ3) is 45.7. The summed E-state index contributed by atoms with van der Waals surface area (Å²) in [5.74, 6) is -0.810. The molecule has 60 heavy (non-hydrogen) atoms. The van der Waals surface area contributed by atoms with Crippen LogP contribution in [0.2, 0.25) is 0 Å². The smallest absolute Gasteiger partial charge is 0.462 e. The summed E-state index contributed by atoms with van der Waals surface area (Å²) in [5.41, 5.74) is 0. The lowest BCUT2D eigenvalue weighted by atomic mass is 10.0. The standard InChI is InChI=1S/C50H94NO8P/c1-6-8-10-12-14-16-18-20-22-23-24-25-26-27-29-30-32-34-36-38-40-42-49(52)56-46-48(47-58-60(54,55)57-45-44-51(3,4)5)59-50(53)43-41-39-37-35-33-31-28-21-19-17-15-13-11-9-7-2/h9,11,15,17,21,28,48H,6-8,10,12-14,16,18-20,22-27,29-47H2,1-5H3/p+1/b11-9+,17-15+,28-21+/t48-/m0/s1. The van der Waals surface area contributed by atoms with Crippen LogP contribution in [0.4, 0.5) is 0 Å². The number of allylic oxidation sites excluding steroid dienone is 6. The van der Waals surface area contributed by atoms with Gasteiger partial charge in [0.25, 0.3) is 0 Å². The molecule has 0 fully saturated rings. The molecule has 0 bridgehead atoms. The Bertz CT molecular complexity index is 1120. The molecule has 0 heterocycles. The van der Waals surface area contributed by atoms with E-state index in [-0.39, 0.29) is 32.0 Å². The third-order valence-electron chi connectivity index (χ3n) is 10.7. The summed E-state index contributed by atoms with van der Waals surface area (Å²) in [6.45, 7) is 4.32. The van der Waals surface area contributed by atoms with Gasteiger partial charge in [-0.15, -0.1) is 0 Å². The first-order chi connectivity index (χ1) is 29.0. The van der Waals surface area contributed by atoms with Crippen LogP contribution in [0, 0.1) is 0 Å². The highest BCUT2D eigenvalue weighted by molar-refractivity contribution is 7.47. The number of hydrogen-bond acceptors (Lipinski definition) is 7. The molecule has 1 unspecified atom stereocenters. The predicted octanol–water partition coefficient (Wildman–Crippen LogP) is 14.5. The van der Waals surface area contributed by atoms with E-state index in [4.69, 9.17) is 18.5 Å². The highest BCUT2D eigenvalue weighted by Crippen LogP contribution is 2.43. The molecule has 0 amide bonds. The van der Waals surface area contributed by atoms with Gasteiger partial charge in [-0.2, -0.15) is 0 Å². The lowest BCUT2D eigenvalue weighted by Gasteiger charge is -2.24. The number of nitrogens with zero attached hydrogens (tertiary/aromatic N) is 1. The first-order valence-electron chi connectivity index (χ1n) is 24.7. The molecule has 0 aromatic heterocycles. The van der Waals surface area contributed by atoms with Crippen LogP contribution in [0.15, 0.2) is 36.5 Å². The second-order valence-electron chi connectivity index (χ2n) is 17.8. The maximum Gasteiger partial charge on any atom is 0.472 e. The molecule has 9 nitrogen and oxygen atoms in total. The van der Waals surface area contributed by atoms with Crippen molar-refractivity contribution < 1.29 is 42.1 Å². The number of rotatable bonds is 45. The second kappa shape index (κ2) is 42.5. The zero-order valence-electron chi connectivity index (χ0n) is 39.7. The Morgan fingerprint density at radius 1 is 0.533 bits per heavy atom. The molecule has 0 aromatic carbocycles. The highest BCUT2D eigenvalue weighted by atomic mass is 31.2. The minimum atomic E-state index is -4.38. The Morgan fingerprint density at radius 2 is 0.950 bits per heavy atom. The molecule has 0 radical (unpaired) electrons. The van der Waals surface area contributed by atoms with Crippen molar-refractivity contribution in [1.29, 1.82) is 0 Å². The van der Waals surface area contributed by atoms with Gasteiger partial charge >= 0.3 is 19.8 Å². The van der Waals surface area contributed by atoms with E-state index >= 15 is 0 Å². The molecule has 0 saturated heterocycles. The summed E-state index contributed by atoms with van der Waals surface area (Å²) in [5, 5.41) is 0. The summed E-state index contributed by atoms with van der Waals surface area (Å²) >= 11 is 0. The van der Waals surface area contributed by atoms with Crippen molar-refractivity contribution in [3.8, 4) is 0 Å². The molecular formula is C50H95NO8P+. The highest BCUT2D eigenvalue weighted by Gasteiger charge is 2.27. The minimum Gasteiger partial charge on any atom is -0.462 e. The van der Waals surface area contributed by atoms with Crippen molar-refractivity contribution in [1.82, 2.24) is 0 Å². The van der Waals surface area contributed by atoms with Crippen LogP contribution in [-0.4, -0.2) is 74.9 Å². The topological polar surface area (TPSA) is 108 Å². The Morgan fingerprint density at radius 3 is 1.42 bits per heavy atom. The average Bonchev–Trinajstić information content (AvgIpc) is 3.20. The van der Waals surface area contributed by atoms with Crippen LogP contribution in [0.5, 0.6) is 0 Å². The zero-order valence-corrected chi connectivity index (χ0v) is 40.6. The fourth-order valence-corrected chi connectivity index (χ4v) is 7.59. The van der Waals surface area contributed by atoms with Crippen molar-refractivity contribution in [2.45, 2.75) is 225 Å². The lowest BCUT2D eigenvalue weighted by Crippen LogP contribution is -2.37. The zero-order chi connectivity index (χ0) is 44.3. The Balaban J connectivity index is 4.23. The molecule has 2 atom stereocenters. The molecule has 10 heteroatoms. The van der Waals surface area contributed by atoms with Gasteiger partial charge in [-0.05, 0) is 44.9 Å². The Hall–Kier alpha value is -1.77. The van der Waals surface area contributed by atoms with Crippen LogP contribution in [0.3, 0.4) is 0 Å². The summed E-state index contributed by atoms with van der Waals surface area (Å²) in [4.78, 5) is 35.5. The Labute approximate surface area is 370 Å². The maximum atomic E-state index is 12.7. The number of unbranched alkanes of at least 4 members (excludes halogenated alkanes) is 25. The fourth-order valence-electron chi connectivity index (χ4n) is 6.85. The van der Waals surface area contributed by atoms with Crippen molar-refractivity contribution in [2.75, 3.05) is 47.5 Å². The number of ether oxygens (including phenoxy) is 2. The maximum absolute atomic E-state index is 12.7. The summed E-state index contributed by atoms with van der Waals surface area (Å²) in [6, 6.07) is 0. The molecule has 0 aliphatic rings. The number of carbonyl (C=O) groups is 2. The number of likely N-dealkylation sites (N-methyl/N-ethyl adjacent to an activating group) is 1. The molecular weight excluding hydrogens is 774 g/mol. The molecule has 1 N–H and O–H groups in total. The monoisotopic (exact) mass is 869 g/mol. The minimum absolute atomic E-state index is 0.0288. The van der Waals surface area contributed by atoms with E-state index in [0.29, 0.717) is 17.4 Å². The van der Waals surface area contributed by atoms with Crippen LogP contribution in [0.1, 0.15) is 219 Å². The van der Waals surface area contributed by atoms with Crippen molar-refractivity contribution in [3.05, 3.63) is 36.5 Å². The van der Waals surface area contributed by atoms with Gasteiger partial charge in [-0.3, -0.25) is 18.6 Å². The van der Waals surface area contributed by atoms with Gasteiger partial charge in [-0.1, -0.05) is 198 Å². The van der Waals surface area contributed by atoms with Crippen LogP contribution in [-0.2, 0) is 32.7 Å². The van der Waals surface area contributed by atoms with E-state index < -0.39 is 26.5 Å². The first kappa shape index (κ1) is 58.2. The van der Waals surface area contributed by atoms with E-state index in [1.165, 1.54) is 116 Å². The van der Waals surface area contributed by atoms with Gasteiger partial charge in [0, 0.05) is 12.8 Å². The van der Waals surface area contributed by atoms with Gasteiger partial charge in [0.05, 0.1) is 27.7 Å². The molecule has 0 spiro atoms. The van der Waals surface area contributed by atoms with Gasteiger partial charge < -0.3 is 18.9 Å². The van der Waals surface area contributed by atoms with Gasteiger partial charge in [0.2, 0.25) is 0 Å². The normalized spacial score (nSPS) is 13.8. The van der Waals surface area contributed by atoms with Gasteiger partial charge in [0.1, 0.15) is 19.8 Å². The van der Waals surface area contributed by atoms with E-state index in [1.807, 2.05) is 21.1 Å². The van der Waals surface area contributed by atoms with Crippen LogP contribution in [0.25, 0.3) is 0 Å². The van der Waals surface area contributed by atoms with Crippen molar-refractivity contribution in [2.24, 2.45) is 0 Å². The fraction of sp³-hybridized carbons (Fsp3) is 0.840. The quantitative estimate of drug-likeness (QED) is 0.0212. The number of quaternary nitrogens is 1. The summed E-state index contributed by atoms with van der Waals surface area (Å²) in [7, 11) is 1.47. The molecule has 0 saturated carbocycles. The molecule has 0 rings (SSSR count). The van der Waals surface area contributed by atoms with Gasteiger partial charge in [0.15, 0.2) is 6.10 Å². The summed E-state index contributed by atoms with van der Waals surface area (Å²) < 4.78 is 34.4. The third-order valence-corrected chi connectivity index (χ3v) is 11.7. The molecule has 0 aliphatic heterocycles. The number of esters is 2. The molecule has 0 aliphatic carbocycles. The SMILES string of the molecule is CC/C=C/C/C=C/C/C=C/CCCCCCCC(=O)O[C@@H](COC(=O)CCCCCCCCCCCCCCCCCCCCCCC)COP(=O)(O)OCC[N+](C)(C)C. The number of phosphoric acid groups is 1. The lowest BCUT2D eigenvalue weighted by molar-refractivity contribution is -0.870. The first-order valence-corrected chi connectivity index (χ1v) is 26.2. The van der Waals surface area contributed by atoms with Crippen molar-refractivity contribution >= 4 is 19.8 Å². The van der Waals surface area contributed by atoms with Gasteiger partial charge in [-0.25, -0.2) is 4.57 Å². The number of phosphoric ester groups is 1. The summed E-state index contributed by atoms with van der Waals surface area (Å²) in [6.07, 6.45) is 49.1. The number of carbonyl (C=O) groups excluding carboxylic acids is 2. The van der Waals surface area contributed by atoms with Crippen LogP contribution < -0.4 is 0 Å². The molecule has 0 aromatic rings.